The molecule has 0 radical (unpaired) electrons. The maximum atomic E-state index is 12.8. The minimum absolute atomic E-state index is 0.161. The van der Waals surface area contributed by atoms with E-state index in [4.69, 9.17) is 0 Å². The Bertz CT molecular complexity index is 1150. The minimum atomic E-state index is -3.81. The average Bonchev–Trinajstić information content (AvgIpc) is 2.83. The fourth-order valence-electron chi connectivity index (χ4n) is 4.05. The third-order valence-corrected chi connectivity index (χ3v) is 7.31. The molecule has 0 saturated carbocycles. The zero-order chi connectivity index (χ0) is 22.4. The molecule has 0 aliphatic carbocycles. The van der Waals surface area contributed by atoms with Crippen molar-refractivity contribution in [3.8, 4) is 0 Å². The average molecular weight is 453 g/mol. The number of pyridine rings is 1. The highest BCUT2D eigenvalue weighted by Crippen LogP contribution is 2.21. The first-order valence-corrected chi connectivity index (χ1v) is 12.4. The third kappa shape index (κ3) is 5.51. The van der Waals surface area contributed by atoms with Crippen LogP contribution in [0.25, 0.3) is 10.8 Å². The van der Waals surface area contributed by atoms with E-state index >= 15 is 0 Å². The molecule has 4 rings (SSSR count). The quantitative estimate of drug-likeness (QED) is 0.567. The van der Waals surface area contributed by atoms with Crippen LogP contribution >= 0.6 is 0 Å². The number of sulfonamides is 1. The van der Waals surface area contributed by atoms with E-state index in [0.29, 0.717) is 18.5 Å². The molecule has 0 atom stereocenters. The van der Waals surface area contributed by atoms with Crippen molar-refractivity contribution in [2.24, 2.45) is 0 Å². The van der Waals surface area contributed by atoms with Crippen molar-refractivity contribution in [2.75, 3.05) is 39.3 Å². The van der Waals surface area contributed by atoms with Crippen LogP contribution in [0.2, 0.25) is 0 Å². The van der Waals surface area contributed by atoms with Gasteiger partial charge in [0.25, 0.3) is 0 Å². The summed E-state index contributed by atoms with van der Waals surface area (Å²) in [6.07, 6.45) is 5.31. The van der Waals surface area contributed by atoms with Gasteiger partial charge in [0.15, 0.2) is 0 Å². The van der Waals surface area contributed by atoms with E-state index in [9.17, 15) is 13.2 Å². The summed E-state index contributed by atoms with van der Waals surface area (Å²) < 4.78 is 28.1. The van der Waals surface area contributed by atoms with Crippen LogP contribution in [0.4, 0.5) is 0 Å². The standard InChI is InChI=1S/C24H28N4O3S/c29-24(19-26-32(30,31)23-10-4-9-21-18-25-12-11-22(21)23)28-16-14-27(15-17-28)13-5-8-20-6-2-1-3-7-20/h1-4,6-7,9-12,18,26H,5,8,13-17,19H2. The summed E-state index contributed by atoms with van der Waals surface area (Å²) in [5, 5.41) is 1.33. The number of hydrogen-bond acceptors (Lipinski definition) is 5. The Balaban J connectivity index is 1.25. The zero-order valence-electron chi connectivity index (χ0n) is 18.0. The maximum absolute atomic E-state index is 12.8. The smallest absolute Gasteiger partial charge is 0.241 e. The van der Waals surface area contributed by atoms with Crippen molar-refractivity contribution in [1.29, 1.82) is 0 Å². The highest BCUT2D eigenvalue weighted by Gasteiger charge is 2.23. The van der Waals surface area contributed by atoms with Gasteiger partial charge in [0, 0.05) is 49.3 Å². The lowest BCUT2D eigenvalue weighted by atomic mass is 10.1. The first-order chi connectivity index (χ1) is 15.5. The number of rotatable bonds is 8. The Labute approximate surface area is 189 Å². The molecule has 7 nitrogen and oxygen atoms in total. The Morgan fingerprint density at radius 1 is 0.969 bits per heavy atom. The Morgan fingerprint density at radius 2 is 1.75 bits per heavy atom. The summed E-state index contributed by atoms with van der Waals surface area (Å²) in [7, 11) is -3.81. The number of aromatic nitrogens is 1. The van der Waals surface area contributed by atoms with Crippen molar-refractivity contribution in [1.82, 2.24) is 19.5 Å². The molecule has 3 aromatic rings. The van der Waals surface area contributed by atoms with Gasteiger partial charge in [-0.3, -0.25) is 14.7 Å². The third-order valence-electron chi connectivity index (χ3n) is 5.85. The fraction of sp³-hybridized carbons (Fsp3) is 0.333. The lowest BCUT2D eigenvalue weighted by molar-refractivity contribution is -0.131. The van der Waals surface area contributed by atoms with E-state index in [1.165, 1.54) is 5.56 Å². The van der Waals surface area contributed by atoms with Crippen molar-refractivity contribution < 1.29 is 13.2 Å². The number of fused-ring (bicyclic) bond motifs is 1. The van der Waals surface area contributed by atoms with Gasteiger partial charge in [0.1, 0.15) is 0 Å². The van der Waals surface area contributed by atoms with E-state index < -0.39 is 10.0 Å². The first kappa shape index (κ1) is 22.4. The number of piperazine rings is 1. The monoisotopic (exact) mass is 452 g/mol. The maximum Gasteiger partial charge on any atom is 0.241 e. The molecule has 0 spiro atoms. The van der Waals surface area contributed by atoms with Crippen LogP contribution in [0.15, 0.2) is 71.9 Å². The molecule has 32 heavy (non-hydrogen) atoms. The normalized spacial score (nSPS) is 15.2. The Hall–Kier alpha value is -2.81. The number of carbonyl (C=O) groups excluding carboxylic acids is 1. The van der Waals surface area contributed by atoms with E-state index in [0.717, 1.165) is 37.9 Å². The Kier molecular flexibility index (Phi) is 7.14. The second-order valence-electron chi connectivity index (χ2n) is 7.99. The number of carbonyl (C=O) groups is 1. The molecule has 168 valence electrons. The molecule has 1 aromatic heterocycles. The van der Waals surface area contributed by atoms with Crippen LogP contribution in [0.5, 0.6) is 0 Å². The topological polar surface area (TPSA) is 82.6 Å². The summed E-state index contributed by atoms with van der Waals surface area (Å²) in [5.74, 6) is -0.195. The summed E-state index contributed by atoms with van der Waals surface area (Å²) in [6.45, 7) is 3.61. The van der Waals surface area contributed by atoms with Crippen LogP contribution in [0.3, 0.4) is 0 Å². The number of aryl methyl sites for hydroxylation is 1. The number of amides is 1. The molecule has 1 aliphatic heterocycles. The second kappa shape index (κ2) is 10.2. The molecule has 0 bridgehead atoms. The molecule has 1 N–H and O–H groups in total. The molecule has 1 aliphatic rings. The molecular formula is C24H28N4O3S. The lowest BCUT2D eigenvalue weighted by Gasteiger charge is -2.34. The van der Waals surface area contributed by atoms with Gasteiger partial charge in [-0.15, -0.1) is 0 Å². The second-order valence-corrected chi connectivity index (χ2v) is 9.72. The van der Waals surface area contributed by atoms with E-state index in [1.807, 2.05) is 12.1 Å². The van der Waals surface area contributed by atoms with Gasteiger partial charge in [-0.2, -0.15) is 0 Å². The lowest BCUT2D eigenvalue weighted by Crippen LogP contribution is -2.51. The van der Waals surface area contributed by atoms with Gasteiger partial charge in [-0.25, -0.2) is 13.1 Å². The predicted molar refractivity (Wildman–Crippen MR) is 125 cm³/mol. The summed E-state index contributed by atoms with van der Waals surface area (Å²) in [4.78, 5) is 20.9. The zero-order valence-corrected chi connectivity index (χ0v) is 18.8. The van der Waals surface area contributed by atoms with Crippen molar-refractivity contribution in [3.05, 3.63) is 72.6 Å². The molecule has 0 unspecified atom stereocenters. The molecule has 1 amide bonds. The van der Waals surface area contributed by atoms with Crippen molar-refractivity contribution in [3.63, 3.8) is 0 Å². The predicted octanol–water partition coefficient (Wildman–Crippen LogP) is 2.29. The van der Waals surface area contributed by atoms with Gasteiger partial charge in [-0.1, -0.05) is 42.5 Å². The Morgan fingerprint density at radius 3 is 2.53 bits per heavy atom. The largest absolute Gasteiger partial charge is 0.339 e. The molecule has 8 heteroatoms. The van der Waals surface area contributed by atoms with Gasteiger partial charge >= 0.3 is 0 Å². The van der Waals surface area contributed by atoms with Gasteiger partial charge in [-0.05, 0) is 37.1 Å². The van der Waals surface area contributed by atoms with Gasteiger partial charge < -0.3 is 4.90 Å². The van der Waals surface area contributed by atoms with Crippen LogP contribution in [0.1, 0.15) is 12.0 Å². The minimum Gasteiger partial charge on any atom is -0.339 e. The van der Waals surface area contributed by atoms with Crippen molar-refractivity contribution in [2.45, 2.75) is 17.7 Å². The molecule has 1 saturated heterocycles. The van der Waals surface area contributed by atoms with Gasteiger partial charge in [0.05, 0.1) is 11.4 Å². The molecule has 2 heterocycles. The number of hydrogen-bond donors (Lipinski definition) is 1. The number of nitrogens with one attached hydrogen (secondary N) is 1. The van der Waals surface area contributed by atoms with Crippen LogP contribution in [-0.4, -0.2) is 68.4 Å². The van der Waals surface area contributed by atoms with E-state index in [-0.39, 0.29) is 17.3 Å². The SMILES string of the molecule is O=C(CNS(=O)(=O)c1cccc2cnccc12)N1CCN(CCCc2ccccc2)CC1. The first-order valence-electron chi connectivity index (χ1n) is 10.9. The number of nitrogens with zero attached hydrogens (tertiary/aromatic N) is 3. The highest BCUT2D eigenvalue weighted by molar-refractivity contribution is 7.89. The van der Waals surface area contributed by atoms with Crippen molar-refractivity contribution >= 4 is 26.7 Å². The van der Waals surface area contributed by atoms with Crippen LogP contribution < -0.4 is 4.72 Å². The summed E-state index contributed by atoms with van der Waals surface area (Å²) in [6, 6.07) is 17.1. The molecular weight excluding hydrogens is 424 g/mol. The summed E-state index contributed by atoms with van der Waals surface area (Å²) in [5.41, 5.74) is 1.34. The molecule has 2 aromatic carbocycles. The van der Waals surface area contributed by atoms with Gasteiger partial charge in [0.2, 0.25) is 15.9 Å². The van der Waals surface area contributed by atoms with E-state index in [1.54, 1.807) is 35.5 Å². The summed E-state index contributed by atoms with van der Waals surface area (Å²) >= 11 is 0. The highest BCUT2D eigenvalue weighted by atomic mass is 32.2. The van der Waals surface area contributed by atoms with Crippen LogP contribution in [0, 0.1) is 0 Å². The fourth-order valence-corrected chi connectivity index (χ4v) is 5.25. The number of benzene rings is 2. The van der Waals surface area contributed by atoms with Crippen LogP contribution in [-0.2, 0) is 21.2 Å². The van der Waals surface area contributed by atoms with E-state index in [2.05, 4.69) is 38.9 Å². The molecule has 1 fully saturated rings.